The Morgan fingerprint density at radius 1 is 0.837 bits per heavy atom. The van der Waals surface area contributed by atoms with Crippen LogP contribution in [-0.2, 0) is 20.6 Å². The maximum atomic E-state index is 12.9. The molecule has 2 aliphatic rings. The second-order valence-electron chi connectivity index (χ2n) is 10.4. The molecule has 15 heteroatoms. The first-order chi connectivity index (χ1) is 20.4. The minimum atomic E-state index is -1.79. The summed E-state index contributed by atoms with van der Waals surface area (Å²) in [5.41, 5.74) is 0.208. The van der Waals surface area contributed by atoms with Gasteiger partial charge in [0.1, 0.15) is 59.4 Å². The first-order valence-electron chi connectivity index (χ1n) is 13.5. The van der Waals surface area contributed by atoms with Gasteiger partial charge in [-0.3, -0.25) is 4.79 Å². The van der Waals surface area contributed by atoms with Crippen LogP contribution in [0.2, 0.25) is 0 Å². The molecule has 0 saturated carbocycles. The number of Topliss-reactive ketones (excluding diaryl/α,β-unsaturated/α-hetero) is 1. The van der Waals surface area contributed by atoms with Crippen molar-refractivity contribution in [2.24, 2.45) is 0 Å². The summed E-state index contributed by atoms with van der Waals surface area (Å²) in [6, 6.07) is 6.59. The molecule has 0 amide bonds. The molecule has 238 valence electrons. The van der Waals surface area contributed by atoms with Crippen molar-refractivity contribution < 1.29 is 74.4 Å². The second-order valence-corrected chi connectivity index (χ2v) is 10.4. The average Bonchev–Trinajstić information content (AvgIpc) is 2.96. The van der Waals surface area contributed by atoms with Gasteiger partial charge in [-0.25, -0.2) is 0 Å². The summed E-state index contributed by atoms with van der Waals surface area (Å²) in [6.07, 6.45) is -15.5. The molecular formula is C28H36O15. The van der Waals surface area contributed by atoms with Crippen molar-refractivity contribution in [2.45, 2.75) is 81.2 Å². The van der Waals surface area contributed by atoms with Crippen molar-refractivity contribution in [3.05, 3.63) is 41.5 Å². The minimum Gasteiger partial charge on any atom is -0.507 e. The molecule has 0 bridgehead atoms. The molecule has 2 aliphatic heterocycles. The van der Waals surface area contributed by atoms with E-state index in [0.29, 0.717) is 5.56 Å². The fraction of sp³-hybridized carbons (Fsp3) is 0.536. The Balaban J connectivity index is 1.51. The zero-order valence-electron chi connectivity index (χ0n) is 23.3. The summed E-state index contributed by atoms with van der Waals surface area (Å²) < 4.78 is 27.2. The molecule has 0 aromatic heterocycles. The minimum absolute atomic E-state index is 0.110. The predicted octanol–water partition coefficient (Wildman–Crippen LogP) is -1.34. The van der Waals surface area contributed by atoms with E-state index in [4.69, 9.17) is 23.7 Å². The molecule has 2 aromatic carbocycles. The largest absolute Gasteiger partial charge is 0.507 e. The van der Waals surface area contributed by atoms with Crippen molar-refractivity contribution in [1.29, 1.82) is 0 Å². The van der Waals surface area contributed by atoms with Gasteiger partial charge < -0.3 is 69.6 Å². The van der Waals surface area contributed by atoms with E-state index in [0.717, 1.165) is 12.1 Å². The highest BCUT2D eigenvalue weighted by molar-refractivity contribution is 6.01. The van der Waals surface area contributed by atoms with Crippen LogP contribution < -0.4 is 9.47 Å². The lowest BCUT2D eigenvalue weighted by atomic mass is 9.97. The number of hydrogen-bond acceptors (Lipinski definition) is 15. The number of aliphatic hydroxyl groups is 6. The van der Waals surface area contributed by atoms with Crippen LogP contribution in [-0.4, -0.2) is 127 Å². The number of phenolic OH excluding ortho intramolecular Hbond substituents is 3. The van der Waals surface area contributed by atoms with Crippen molar-refractivity contribution in [2.75, 3.05) is 13.7 Å². The van der Waals surface area contributed by atoms with Crippen molar-refractivity contribution in [3.8, 4) is 28.7 Å². The Labute approximate surface area is 245 Å². The van der Waals surface area contributed by atoms with Gasteiger partial charge >= 0.3 is 0 Å². The molecule has 10 atom stereocenters. The summed E-state index contributed by atoms with van der Waals surface area (Å²) >= 11 is 0. The molecule has 2 heterocycles. The van der Waals surface area contributed by atoms with Crippen LogP contribution in [0.4, 0.5) is 0 Å². The lowest BCUT2D eigenvalue weighted by Crippen LogP contribution is -2.64. The van der Waals surface area contributed by atoms with Crippen LogP contribution in [0.15, 0.2) is 30.3 Å². The highest BCUT2D eigenvalue weighted by atomic mass is 16.8. The summed E-state index contributed by atoms with van der Waals surface area (Å²) in [7, 11) is 1.40. The van der Waals surface area contributed by atoms with Gasteiger partial charge in [0.15, 0.2) is 29.7 Å². The smallest absolute Gasteiger partial charge is 0.229 e. The van der Waals surface area contributed by atoms with Crippen molar-refractivity contribution >= 4 is 5.78 Å². The SMILES string of the molecule is COc1ccc(CCC(=O)c2c(O)cc(O[C@@H]3O[C@H](CO)[C@@H](O)[C@@H](O)[C@@H]3O[C@@H]3O[C@@H](C)[C@H](O)[C@H](O)[C@@H]3O)cc2O)cc1O. The van der Waals surface area contributed by atoms with Crippen molar-refractivity contribution in [1.82, 2.24) is 0 Å². The number of phenols is 3. The lowest BCUT2D eigenvalue weighted by Gasteiger charge is -2.45. The highest BCUT2D eigenvalue weighted by Gasteiger charge is 2.51. The maximum absolute atomic E-state index is 12.9. The number of methoxy groups -OCH3 is 1. The normalized spacial score (nSPS) is 32.7. The third kappa shape index (κ3) is 6.95. The Morgan fingerprint density at radius 3 is 2.12 bits per heavy atom. The van der Waals surface area contributed by atoms with Gasteiger partial charge in [-0.15, -0.1) is 0 Å². The third-order valence-corrected chi connectivity index (χ3v) is 7.41. The summed E-state index contributed by atoms with van der Waals surface area (Å²) in [5, 5.41) is 92.3. The number of ketones is 1. The summed E-state index contributed by atoms with van der Waals surface area (Å²) in [5.74, 6) is -2.04. The number of hydrogen-bond donors (Lipinski definition) is 9. The van der Waals surface area contributed by atoms with E-state index in [1.54, 1.807) is 6.07 Å². The summed E-state index contributed by atoms with van der Waals surface area (Å²) in [6.45, 7) is 0.662. The molecule has 0 spiro atoms. The van der Waals surface area contributed by atoms with Gasteiger partial charge in [0.05, 0.1) is 19.8 Å². The highest BCUT2D eigenvalue weighted by Crippen LogP contribution is 2.37. The Bertz CT molecular complexity index is 1250. The molecule has 9 N–H and O–H groups in total. The van der Waals surface area contributed by atoms with Gasteiger partial charge in [0.25, 0.3) is 0 Å². The number of aromatic hydroxyl groups is 3. The standard InChI is InChI=1S/C28H36O15/c1-11-21(34)23(36)25(38)27(40-11)43-26-24(37)22(35)19(10-29)42-28(26)41-13-8-16(32)20(17(33)9-13)14(30)5-3-12-4-6-18(39-2)15(31)7-12/h4,6-9,11,19,21-29,31-38H,3,5,10H2,1-2H3/t11-,19+,21-,22+,23-,24+,25-,26-,27-,28+/m0/s1. The zero-order valence-corrected chi connectivity index (χ0v) is 23.3. The van der Waals surface area contributed by atoms with Crippen LogP contribution in [0.25, 0.3) is 0 Å². The maximum Gasteiger partial charge on any atom is 0.229 e. The van der Waals surface area contributed by atoms with Crippen LogP contribution >= 0.6 is 0 Å². The molecule has 4 rings (SSSR count). The Hall–Kier alpha value is -3.25. The first-order valence-corrected chi connectivity index (χ1v) is 13.5. The van der Waals surface area contributed by atoms with E-state index in [2.05, 4.69) is 0 Å². The number of aliphatic hydroxyl groups excluding tert-OH is 6. The van der Waals surface area contributed by atoms with E-state index in [1.165, 1.54) is 26.2 Å². The molecule has 43 heavy (non-hydrogen) atoms. The molecule has 2 fully saturated rings. The molecule has 0 aliphatic carbocycles. The van der Waals surface area contributed by atoms with E-state index in [9.17, 15) is 50.8 Å². The van der Waals surface area contributed by atoms with Gasteiger partial charge in [-0.05, 0) is 31.0 Å². The number of rotatable bonds is 10. The molecule has 0 unspecified atom stereocenters. The number of aryl methyl sites for hydroxylation is 1. The van der Waals surface area contributed by atoms with Crippen LogP contribution in [0.3, 0.4) is 0 Å². The molecule has 0 radical (unpaired) electrons. The van der Waals surface area contributed by atoms with Crippen LogP contribution in [0.1, 0.15) is 29.3 Å². The van der Waals surface area contributed by atoms with E-state index in [-0.39, 0.29) is 30.1 Å². The summed E-state index contributed by atoms with van der Waals surface area (Å²) in [4.78, 5) is 12.9. The number of carbonyl (C=O) groups excluding carboxylic acids is 1. The molecular weight excluding hydrogens is 576 g/mol. The number of benzene rings is 2. The number of ether oxygens (including phenoxy) is 5. The Morgan fingerprint density at radius 2 is 1.51 bits per heavy atom. The van der Waals surface area contributed by atoms with Gasteiger partial charge in [-0.2, -0.15) is 0 Å². The average molecular weight is 613 g/mol. The molecule has 2 saturated heterocycles. The quantitative estimate of drug-likeness (QED) is 0.141. The van der Waals surface area contributed by atoms with Crippen molar-refractivity contribution in [3.63, 3.8) is 0 Å². The van der Waals surface area contributed by atoms with Crippen LogP contribution in [0, 0.1) is 0 Å². The monoisotopic (exact) mass is 612 g/mol. The van der Waals surface area contributed by atoms with Gasteiger partial charge in [-0.1, -0.05) is 6.07 Å². The lowest BCUT2D eigenvalue weighted by molar-refractivity contribution is -0.354. The molecule has 15 nitrogen and oxygen atoms in total. The topological polar surface area (TPSA) is 245 Å². The van der Waals surface area contributed by atoms with E-state index in [1.807, 2.05) is 0 Å². The van der Waals surface area contributed by atoms with E-state index >= 15 is 0 Å². The van der Waals surface area contributed by atoms with E-state index < -0.39 is 90.9 Å². The second kappa shape index (κ2) is 13.6. The molecule has 2 aromatic rings. The van der Waals surface area contributed by atoms with Crippen LogP contribution in [0.5, 0.6) is 28.7 Å². The first kappa shape index (κ1) is 32.7. The fourth-order valence-corrected chi connectivity index (χ4v) is 4.93. The Kier molecular flexibility index (Phi) is 10.3. The van der Waals surface area contributed by atoms with Gasteiger partial charge in [0.2, 0.25) is 6.29 Å². The third-order valence-electron chi connectivity index (χ3n) is 7.41. The van der Waals surface area contributed by atoms with Gasteiger partial charge in [0, 0.05) is 18.6 Å². The fourth-order valence-electron chi connectivity index (χ4n) is 4.93. The number of carbonyl (C=O) groups is 1. The zero-order chi connectivity index (χ0) is 31.6. The predicted molar refractivity (Wildman–Crippen MR) is 143 cm³/mol.